The molecule has 0 saturated carbocycles. The van der Waals surface area contributed by atoms with Crippen molar-refractivity contribution >= 4 is 11.6 Å². The molecule has 1 N–H and O–H groups in total. The van der Waals surface area contributed by atoms with Gasteiger partial charge in [0.15, 0.2) is 6.29 Å². The van der Waals surface area contributed by atoms with Crippen LogP contribution in [0, 0.1) is 0 Å². The largest absolute Gasteiger partial charge is 0.383 e. The lowest BCUT2D eigenvalue weighted by molar-refractivity contribution is -0.191. The van der Waals surface area contributed by atoms with E-state index in [0.717, 1.165) is 0 Å². The average molecular weight is 245 g/mol. The fourth-order valence-electron chi connectivity index (χ4n) is 1.42. The van der Waals surface area contributed by atoms with Crippen LogP contribution in [0.2, 0.25) is 5.02 Å². The minimum absolute atomic E-state index is 0.478. The Labute approximate surface area is 101 Å². The van der Waals surface area contributed by atoms with Crippen LogP contribution < -0.4 is 0 Å². The van der Waals surface area contributed by atoms with E-state index in [1.165, 1.54) is 0 Å². The maximum atomic E-state index is 10.1. The molecule has 1 atom stereocenters. The molecule has 0 spiro atoms. The quantitative estimate of drug-likeness (QED) is 0.782. The summed E-state index contributed by atoms with van der Waals surface area (Å²) >= 11 is 5.99. The Morgan fingerprint density at radius 2 is 1.75 bits per heavy atom. The van der Waals surface area contributed by atoms with Gasteiger partial charge in [-0.25, -0.2) is 0 Å². The van der Waals surface area contributed by atoms with E-state index >= 15 is 0 Å². The number of aliphatic hydroxyl groups excluding tert-OH is 1. The maximum absolute atomic E-state index is 10.1. The van der Waals surface area contributed by atoms with Crippen molar-refractivity contribution in [1.29, 1.82) is 0 Å². The topological polar surface area (TPSA) is 38.7 Å². The molecule has 0 fully saturated rings. The van der Waals surface area contributed by atoms with E-state index in [4.69, 9.17) is 21.1 Å². The van der Waals surface area contributed by atoms with Crippen LogP contribution in [0.25, 0.3) is 0 Å². The molecule has 3 nitrogen and oxygen atoms in total. The zero-order chi connectivity index (χ0) is 12.0. The molecular weight excluding hydrogens is 228 g/mol. The number of halogens is 1. The van der Waals surface area contributed by atoms with E-state index in [0.29, 0.717) is 23.8 Å². The summed E-state index contributed by atoms with van der Waals surface area (Å²) in [5, 5.41) is 10.6. The zero-order valence-corrected chi connectivity index (χ0v) is 10.3. The summed E-state index contributed by atoms with van der Waals surface area (Å²) in [4.78, 5) is 0. The minimum atomic E-state index is -0.867. The first-order valence-corrected chi connectivity index (χ1v) is 5.74. The van der Waals surface area contributed by atoms with Crippen molar-refractivity contribution in [3.8, 4) is 0 Å². The van der Waals surface area contributed by atoms with Gasteiger partial charge in [-0.2, -0.15) is 0 Å². The van der Waals surface area contributed by atoms with Gasteiger partial charge in [0.1, 0.15) is 6.10 Å². The van der Waals surface area contributed by atoms with Crippen LogP contribution in [-0.2, 0) is 9.47 Å². The first-order valence-electron chi connectivity index (χ1n) is 5.36. The smallest absolute Gasteiger partial charge is 0.187 e. The highest BCUT2D eigenvalue weighted by Gasteiger charge is 2.23. The van der Waals surface area contributed by atoms with Crippen molar-refractivity contribution in [2.24, 2.45) is 0 Å². The Kier molecular flexibility index (Phi) is 5.77. The van der Waals surface area contributed by atoms with Crippen LogP contribution >= 0.6 is 11.6 Å². The van der Waals surface area contributed by atoms with Gasteiger partial charge >= 0.3 is 0 Å². The van der Waals surface area contributed by atoms with E-state index in [1.54, 1.807) is 12.1 Å². The van der Waals surface area contributed by atoms with E-state index in [-0.39, 0.29) is 0 Å². The third-order valence-electron chi connectivity index (χ3n) is 2.14. The second-order valence-corrected chi connectivity index (χ2v) is 3.65. The predicted molar refractivity (Wildman–Crippen MR) is 63.5 cm³/mol. The van der Waals surface area contributed by atoms with E-state index < -0.39 is 12.4 Å². The SMILES string of the molecule is CCOC(OCC)C(O)c1ccccc1Cl. The molecule has 0 aliphatic heterocycles. The Morgan fingerprint density at radius 1 is 1.19 bits per heavy atom. The summed E-state index contributed by atoms with van der Waals surface area (Å²) in [7, 11) is 0. The third-order valence-corrected chi connectivity index (χ3v) is 2.49. The van der Waals surface area contributed by atoms with E-state index in [2.05, 4.69) is 0 Å². The summed E-state index contributed by atoms with van der Waals surface area (Å²) in [6.07, 6.45) is -1.54. The summed E-state index contributed by atoms with van der Waals surface area (Å²) < 4.78 is 10.6. The monoisotopic (exact) mass is 244 g/mol. The van der Waals surface area contributed by atoms with Crippen LogP contribution in [0.1, 0.15) is 25.5 Å². The molecule has 1 aromatic rings. The molecule has 0 amide bonds. The molecule has 90 valence electrons. The Bertz CT molecular complexity index is 311. The predicted octanol–water partition coefficient (Wildman–Crippen LogP) is 2.77. The number of rotatable bonds is 6. The highest BCUT2D eigenvalue weighted by Crippen LogP contribution is 2.26. The van der Waals surface area contributed by atoms with Crippen LogP contribution in [0.15, 0.2) is 24.3 Å². The lowest BCUT2D eigenvalue weighted by Gasteiger charge is -2.23. The van der Waals surface area contributed by atoms with Crippen molar-refractivity contribution in [2.75, 3.05) is 13.2 Å². The molecule has 16 heavy (non-hydrogen) atoms. The van der Waals surface area contributed by atoms with Crippen LogP contribution in [0.3, 0.4) is 0 Å². The number of benzene rings is 1. The van der Waals surface area contributed by atoms with Crippen LogP contribution in [0.4, 0.5) is 0 Å². The normalized spacial score (nSPS) is 13.1. The molecule has 1 unspecified atom stereocenters. The van der Waals surface area contributed by atoms with Crippen LogP contribution in [-0.4, -0.2) is 24.6 Å². The van der Waals surface area contributed by atoms with E-state index in [9.17, 15) is 5.11 Å². The average Bonchev–Trinajstić information content (AvgIpc) is 2.28. The standard InChI is InChI=1S/C12H17ClO3/c1-3-15-12(16-4-2)11(14)9-7-5-6-8-10(9)13/h5-8,11-12,14H,3-4H2,1-2H3. The van der Waals surface area contributed by atoms with Gasteiger partial charge in [0, 0.05) is 23.8 Å². The fraction of sp³-hybridized carbons (Fsp3) is 0.500. The Balaban J connectivity index is 2.81. The lowest BCUT2D eigenvalue weighted by atomic mass is 10.1. The second-order valence-electron chi connectivity index (χ2n) is 3.25. The molecule has 0 bridgehead atoms. The number of hydrogen-bond acceptors (Lipinski definition) is 3. The third kappa shape index (κ3) is 3.46. The molecule has 0 saturated heterocycles. The molecule has 4 heteroatoms. The van der Waals surface area contributed by atoms with Crippen LogP contribution in [0.5, 0.6) is 0 Å². The van der Waals surface area contributed by atoms with E-state index in [1.807, 2.05) is 26.0 Å². The molecule has 1 rings (SSSR count). The maximum Gasteiger partial charge on any atom is 0.187 e. The number of aliphatic hydroxyl groups is 1. The molecule has 1 aromatic carbocycles. The summed E-state index contributed by atoms with van der Waals surface area (Å²) in [6.45, 7) is 4.66. The first-order chi connectivity index (χ1) is 7.70. The van der Waals surface area contributed by atoms with Crippen molar-refractivity contribution in [1.82, 2.24) is 0 Å². The number of hydrogen-bond donors (Lipinski definition) is 1. The van der Waals surface area contributed by atoms with Crippen molar-refractivity contribution in [3.05, 3.63) is 34.9 Å². The fourth-order valence-corrected chi connectivity index (χ4v) is 1.67. The van der Waals surface area contributed by atoms with Gasteiger partial charge in [-0.3, -0.25) is 0 Å². The summed E-state index contributed by atoms with van der Waals surface area (Å²) in [5.41, 5.74) is 0.621. The Morgan fingerprint density at radius 3 is 2.25 bits per heavy atom. The second kappa shape index (κ2) is 6.86. The van der Waals surface area contributed by atoms with Gasteiger partial charge in [0.25, 0.3) is 0 Å². The molecule has 0 aromatic heterocycles. The van der Waals surface area contributed by atoms with Gasteiger partial charge < -0.3 is 14.6 Å². The van der Waals surface area contributed by atoms with Gasteiger partial charge in [-0.05, 0) is 19.9 Å². The van der Waals surface area contributed by atoms with Gasteiger partial charge in [-0.15, -0.1) is 0 Å². The summed E-state index contributed by atoms with van der Waals surface area (Å²) in [6, 6.07) is 7.13. The highest BCUT2D eigenvalue weighted by atomic mass is 35.5. The van der Waals surface area contributed by atoms with Gasteiger partial charge in [0.05, 0.1) is 0 Å². The van der Waals surface area contributed by atoms with Crippen molar-refractivity contribution in [2.45, 2.75) is 26.2 Å². The molecule has 0 aliphatic carbocycles. The highest BCUT2D eigenvalue weighted by molar-refractivity contribution is 6.31. The lowest BCUT2D eigenvalue weighted by Crippen LogP contribution is -2.25. The zero-order valence-electron chi connectivity index (χ0n) is 9.52. The van der Waals surface area contributed by atoms with Crippen molar-refractivity contribution in [3.63, 3.8) is 0 Å². The molecule has 0 radical (unpaired) electrons. The summed E-state index contributed by atoms with van der Waals surface area (Å²) in [5.74, 6) is 0. The van der Waals surface area contributed by atoms with Crippen molar-refractivity contribution < 1.29 is 14.6 Å². The number of ether oxygens (including phenoxy) is 2. The van der Waals surface area contributed by atoms with Gasteiger partial charge in [0.2, 0.25) is 0 Å². The van der Waals surface area contributed by atoms with Gasteiger partial charge in [-0.1, -0.05) is 29.8 Å². The first kappa shape index (κ1) is 13.5. The minimum Gasteiger partial charge on any atom is -0.383 e. The molecule has 0 aliphatic rings. The molecule has 0 heterocycles. The molecular formula is C12H17ClO3. The Hall–Kier alpha value is -0.610.